The predicted octanol–water partition coefficient (Wildman–Crippen LogP) is 1.76. The molecule has 4 nitrogen and oxygen atoms in total. The predicted molar refractivity (Wildman–Crippen MR) is 69.9 cm³/mol. The van der Waals surface area contributed by atoms with Crippen molar-refractivity contribution in [2.75, 3.05) is 25.6 Å². The van der Waals surface area contributed by atoms with E-state index >= 15 is 0 Å². The highest BCUT2D eigenvalue weighted by atomic mass is 79.9. The van der Waals surface area contributed by atoms with E-state index in [1.165, 1.54) is 12.1 Å². The van der Waals surface area contributed by atoms with Crippen molar-refractivity contribution < 1.29 is 13.9 Å². The molecule has 0 aliphatic carbocycles. The standard InChI is InChI=1S/C12H14BrFN2O2/c1-15-11-6-18-5-8(11)12(17)16-10-3-2-7(13)4-9(10)14/h2-4,8,11,15H,5-6H2,1H3,(H,16,17). The van der Waals surface area contributed by atoms with Gasteiger partial charge in [0.25, 0.3) is 0 Å². The number of hydrogen-bond acceptors (Lipinski definition) is 3. The minimum Gasteiger partial charge on any atom is -0.379 e. The highest BCUT2D eigenvalue weighted by Crippen LogP contribution is 2.21. The summed E-state index contributed by atoms with van der Waals surface area (Å²) in [6.07, 6.45) is 0. The average Bonchev–Trinajstić information content (AvgIpc) is 2.81. The minimum absolute atomic E-state index is 0.0245. The summed E-state index contributed by atoms with van der Waals surface area (Å²) in [6, 6.07) is 4.50. The molecule has 1 amide bonds. The maximum absolute atomic E-state index is 13.6. The molecule has 0 saturated carbocycles. The van der Waals surface area contributed by atoms with E-state index in [0.717, 1.165) is 0 Å². The van der Waals surface area contributed by atoms with Gasteiger partial charge in [-0.1, -0.05) is 15.9 Å². The van der Waals surface area contributed by atoms with Gasteiger partial charge in [-0.25, -0.2) is 4.39 Å². The maximum atomic E-state index is 13.6. The molecular formula is C12H14BrFN2O2. The monoisotopic (exact) mass is 316 g/mol. The Bertz CT molecular complexity index is 456. The Morgan fingerprint density at radius 1 is 1.50 bits per heavy atom. The summed E-state index contributed by atoms with van der Waals surface area (Å²) in [5.41, 5.74) is 0.185. The number of benzene rings is 1. The molecular weight excluding hydrogens is 303 g/mol. The van der Waals surface area contributed by atoms with E-state index in [1.54, 1.807) is 13.1 Å². The van der Waals surface area contributed by atoms with E-state index in [4.69, 9.17) is 4.74 Å². The van der Waals surface area contributed by atoms with E-state index in [2.05, 4.69) is 26.6 Å². The van der Waals surface area contributed by atoms with Gasteiger partial charge >= 0.3 is 0 Å². The van der Waals surface area contributed by atoms with Gasteiger partial charge in [-0.15, -0.1) is 0 Å². The first-order valence-corrected chi connectivity index (χ1v) is 6.42. The van der Waals surface area contributed by atoms with Crippen molar-refractivity contribution in [2.45, 2.75) is 6.04 Å². The lowest BCUT2D eigenvalue weighted by Gasteiger charge is -2.16. The maximum Gasteiger partial charge on any atom is 0.231 e. The third-order valence-corrected chi connectivity index (χ3v) is 3.47. The summed E-state index contributed by atoms with van der Waals surface area (Å²) in [5, 5.41) is 5.61. The van der Waals surface area contributed by atoms with Gasteiger partial charge in [0.05, 0.1) is 24.8 Å². The highest BCUT2D eigenvalue weighted by Gasteiger charge is 2.33. The number of ether oxygens (including phenoxy) is 1. The van der Waals surface area contributed by atoms with Crippen LogP contribution in [-0.2, 0) is 9.53 Å². The molecule has 98 valence electrons. The fourth-order valence-electron chi connectivity index (χ4n) is 1.91. The Hall–Kier alpha value is -0.980. The molecule has 2 unspecified atom stereocenters. The first kappa shape index (κ1) is 13.5. The topological polar surface area (TPSA) is 50.4 Å². The SMILES string of the molecule is CNC1COCC1C(=O)Nc1ccc(Br)cc1F. The third-order valence-electron chi connectivity index (χ3n) is 2.98. The third kappa shape index (κ3) is 2.88. The van der Waals surface area contributed by atoms with Crippen LogP contribution in [-0.4, -0.2) is 32.2 Å². The zero-order chi connectivity index (χ0) is 13.1. The van der Waals surface area contributed by atoms with E-state index in [-0.39, 0.29) is 23.6 Å². The van der Waals surface area contributed by atoms with Gasteiger partial charge in [-0.3, -0.25) is 4.79 Å². The number of likely N-dealkylation sites (N-methyl/N-ethyl adjacent to an activating group) is 1. The number of amides is 1. The summed E-state index contributed by atoms with van der Waals surface area (Å²) in [6.45, 7) is 0.854. The second-order valence-electron chi connectivity index (χ2n) is 4.15. The zero-order valence-electron chi connectivity index (χ0n) is 9.87. The van der Waals surface area contributed by atoms with Crippen molar-refractivity contribution in [3.8, 4) is 0 Å². The lowest BCUT2D eigenvalue weighted by Crippen LogP contribution is -2.39. The molecule has 0 bridgehead atoms. The second-order valence-corrected chi connectivity index (χ2v) is 5.07. The van der Waals surface area contributed by atoms with Gasteiger partial charge < -0.3 is 15.4 Å². The quantitative estimate of drug-likeness (QED) is 0.893. The first-order valence-electron chi connectivity index (χ1n) is 5.62. The van der Waals surface area contributed by atoms with Crippen molar-refractivity contribution in [1.29, 1.82) is 0 Å². The number of rotatable bonds is 3. The van der Waals surface area contributed by atoms with Gasteiger partial charge in [-0.2, -0.15) is 0 Å². The number of carbonyl (C=O) groups excluding carboxylic acids is 1. The molecule has 1 aromatic carbocycles. The van der Waals surface area contributed by atoms with E-state index in [9.17, 15) is 9.18 Å². The van der Waals surface area contributed by atoms with Crippen molar-refractivity contribution in [3.63, 3.8) is 0 Å². The van der Waals surface area contributed by atoms with Crippen LogP contribution in [0.15, 0.2) is 22.7 Å². The Morgan fingerprint density at radius 3 is 2.94 bits per heavy atom. The molecule has 2 atom stereocenters. The number of hydrogen-bond donors (Lipinski definition) is 2. The molecule has 1 saturated heterocycles. The molecule has 18 heavy (non-hydrogen) atoms. The van der Waals surface area contributed by atoms with Crippen LogP contribution in [0.3, 0.4) is 0 Å². The summed E-state index contributed by atoms with van der Waals surface area (Å²) in [7, 11) is 1.78. The van der Waals surface area contributed by atoms with Crippen LogP contribution in [0, 0.1) is 11.7 Å². The normalized spacial score (nSPS) is 23.1. The molecule has 1 fully saturated rings. The fraction of sp³-hybridized carbons (Fsp3) is 0.417. The molecule has 1 aliphatic heterocycles. The van der Waals surface area contributed by atoms with Gasteiger partial charge in [-0.05, 0) is 25.2 Å². The van der Waals surface area contributed by atoms with Gasteiger partial charge in [0.2, 0.25) is 5.91 Å². The van der Waals surface area contributed by atoms with Crippen LogP contribution in [0.25, 0.3) is 0 Å². The zero-order valence-corrected chi connectivity index (χ0v) is 11.5. The molecule has 1 heterocycles. The molecule has 0 radical (unpaired) electrons. The summed E-state index contributed by atoms with van der Waals surface area (Å²) >= 11 is 3.17. The highest BCUT2D eigenvalue weighted by molar-refractivity contribution is 9.10. The van der Waals surface area contributed by atoms with Gasteiger partial charge in [0.1, 0.15) is 5.82 Å². The molecule has 2 rings (SSSR count). The van der Waals surface area contributed by atoms with Gasteiger partial charge in [0.15, 0.2) is 0 Å². The lowest BCUT2D eigenvalue weighted by atomic mass is 10.0. The lowest BCUT2D eigenvalue weighted by molar-refractivity contribution is -0.120. The molecule has 1 aliphatic rings. The second kappa shape index (κ2) is 5.77. The molecule has 0 aromatic heterocycles. The number of carbonyl (C=O) groups is 1. The largest absolute Gasteiger partial charge is 0.379 e. The van der Waals surface area contributed by atoms with E-state index in [1.807, 2.05) is 0 Å². The molecule has 6 heteroatoms. The summed E-state index contributed by atoms with van der Waals surface area (Å²) in [5.74, 6) is -0.983. The number of halogens is 2. The van der Waals surface area contributed by atoms with Crippen molar-refractivity contribution >= 4 is 27.5 Å². The van der Waals surface area contributed by atoms with Crippen molar-refractivity contribution in [2.24, 2.45) is 5.92 Å². The Morgan fingerprint density at radius 2 is 2.28 bits per heavy atom. The van der Waals surface area contributed by atoms with Crippen LogP contribution in [0.2, 0.25) is 0 Å². The summed E-state index contributed by atoms with van der Waals surface area (Å²) < 4.78 is 19.5. The van der Waals surface area contributed by atoms with Crippen molar-refractivity contribution in [1.82, 2.24) is 5.32 Å². The number of nitrogens with one attached hydrogen (secondary N) is 2. The first-order chi connectivity index (χ1) is 8.61. The van der Waals surface area contributed by atoms with E-state index in [0.29, 0.717) is 17.7 Å². The summed E-state index contributed by atoms with van der Waals surface area (Å²) in [4.78, 5) is 12.0. The Labute approximate surface area is 113 Å². The molecule has 1 aromatic rings. The van der Waals surface area contributed by atoms with Crippen LogP contribution < -0.4 is 10.6 Å². The minimum atomic E-state index is -0.461. The van der Waals surface area contributed by atoms with Gasteiger partial charge in [0, 0.05) is 10.5 Å². The Balaban J connectivity index is 2.07. The van der Waals surface area contributed by atoms with Crippen LogP contribution in [0.4, 0.5) is 10.1 Å². The molecule has 0 spiro atoms. The van der Waals surface area contributed by atoms with Crippen molar-refractivity contribution in [3.05, 3.63) is 28.5 Å². The number of anilines is 1. The van der Waals surface area contributed by atoms with Crippen LogP contribution in [0.1, 0.15) is 0 Å². The Kier molecular flexibility index (Phi) is 4.31. The fourth-order valence-corrected chi connectivity index (χ4v) is 2.25. The molecule has 2 N–H and O–H groups in total. The smallest absolute Gasteiger partial charge is 0.231 e. The van der Waals surface area contributed by atoms with Crippen LogP contribution >= 0.6 is 15.9 Å². The van der Waals surface area contributed by atoms with Crippen LogP contribution in [0.5, 0.6) is 0 Å². The van der Waals surface area contributed by atoms with E-state index < -0.39 is 5.82 Å². The average molecular weight is 317 g/mol.